The van der Waals surface area contributed by atoms with E-state index >= 15 is 0 Å². The van der Waals surface area contributed by atoms with Crippen LogP contribution in [0, 0.1) is 22.7 Å². The van der Waals surface area contributed by atoms with Crippen molar-refractivity contribution in [3.63, 3.8) is 0 Å². The molecule has 0 unspecified atom stereocenters. The Bertz CT molecular complexity index is 64.7. The van der Waals surface area contributed by atoms with Crippen molar-refractivity contribution in [3.8, 4) is 12.1 Å². The molecule has 0 spiro atoms. The third-order valence-electron chi connectivity index (χ3n) is 0. The van der Waals surface area contributed by atoms with Crippen molar-refractivity contribution in [3.05, 3.63) is 0 Å². The minimum absolute atomic E-state index is 0. The number of nitriles is 2. The minimum Gasteiger partial charge on any atom is -0.199 e. The molecule has 7 heavy (non-hydrogen) atoms. The second-order valence-corrected chi connectivity index (χ2v) is 0.447. The molecular weight excluding hydrogens is 115 g/mol. The molecule has 0 bridgehead atoms. The maximum absolute atomic E-state index is 7.32. The second-order valence-electron chi connectivity index (χ2n) is 0.447. The summed E-state index contributed by atoms with van der Waals surface area (Å²) in [4.78, 5) is 0. The van der Waals surface area contributed by atoms with Gasteiger partial charge >= 0.3 is 0 Å². The van der Waals surface area contributed by atoms with E-state index in [1.54, 1.807) is 12.1 Å². The van der Waals surface area contributed by atoms with Gasteiger partial charge in [-0.1, -0.05) is 0 Å². The maximum Gasteiger partial charge on any atom is 0.0587 e. The molecular formula is C4H6KN2. The van der Waals surface area contributed by atoms with Crippen molar-refractivity contribution in [1.82, 2.24) is 0 Å². The molecule has 0 aliphatic carbocycles. The average Bonchev–Trinajstić information content (AvgIpc) is 1.39. The molecule has 3 heteroatoms. The molecule has 0 aromatic heterocycles. The summed E-state index contributed by atoms with van der Waals surface area (Å²) in [5.74, 6) is 0. The Balaban J connectivity index is -0.0000000400. The van der Waals surface area contributed by atoms with E-state index in [0.717, 1.165) is 0 Å². The first-order valence-electron chi connectivity index (χ1n) is 1.45. The molecule has 0 aliphatic heterocycles. The zero-order valence-electron chi connectivity index (χ0n) is 4.89. The van der Waals surface area contributed by atoms with E-state index in [2.05, 4.69) is 0 Å². The summed E-state index contributed by atoms with van der Waals surface area (Å²) in [6.07, 6.45) is 0. The second kappa shape index (κ2) is 30.5. The van der Waals surface area contributed by atoms with Gasteiger partial charge in [0.1, 0.15) is 0 Å². The number of rotatable bonds is 0. The summed E-state index contributed by atoms with van der Waals surface area (Å²) in [6, 6.07) is 3.50. The van der Waals surface area contributed by atoms with Crippen molar-refractivity contribution in [2.24, 2.45) is 0 Å². The third-order valence-corrected chi connectivity index (χ3v) is 0. The monoisotopic (exact) mass is 121 g/mol. The molecule has 0 rings (SSSR count). The number of nitrogens with zero attached hydrogens (tertiary/aromatic N) is 2. The molecule has 0 heterocycles. The Hall–Kier alpha value is 0.616. The molecule has 33 valence electrons. The SMILES string of the molecule is CC#N.CC#N.[K]. The van der Waals surface area contributed by atoms with E-state index in [0.29, 0.717) is 0 Å². The van der Waals surface area contributed by atoms with Gasteiger partial charge in [-0.05, 0) is 0 Å². The molecule has 0 amide bonds. The largest absolute Gasteiger partial charge is 0.199 e. The Labute approximate surface area is 86.5 Å². The van der Waals surface area contributed by atoms with Crippen LogP contribution in [-0.2, 0) is 0 Å². The van der Waals surface area contributed by atoms with Crippen LogP contribution < -0.4 is 0 Å². The number of hydrogen-bond donors (Lipinski definition) is 0. The molecule has 0 atom stereocenters. The first kappa shape index (κ1) is 15.6. The maximum atomic E-state index is 7.32. The van der Waals surface area contributed by atoms with Gasteiger partial charge in [-0.2, -0.15) is 10.5 Å². The minimum atomic E-state index is 0. The first-order chi connectivity index (χ1) is 2.83. The van der Waals surface area contributed by atoms with Gasteiger partial charge < -0.3 is 0 Å². The molecule has 0 aromatic carbocycles. The topological polar surface area (TPSA) is 47.6 Å². The van der Waals surface area contributed by atoms with Crippen LogP contribution in [0.25, 0.3) is 0 Å². The standard InChI is InChI=1S/2C2H3N.K/c2*1-2-3;/h2*1H3;. The zero-order valence-corrected chi connectivity index (χ0v) is 8.02. The van der Waals surface area contributed by atoms with Crippen molar-refractivity contribution in [2.75, 3.05) is 0 Å². The fraction of sp³-hybridized carbons (Fsp3) is 0.500. The van der Waals surface area contributed by atoms with Crippen LogP contribution in [-0.4, -0.2) is 51.4 Å². The van der Waals surface area contributed by atoms with Gasteiger partial charge in [0.2, 0.25) is 0 Å². The van der Waals surface area contributed by atoms with Crippen LogP contribution in [0.5, 0.6) is 0 Å². The van der Waals surface area contributed by atoms with E-state index in [1.165, 1.54) is 13.8 Å². The summed E-state index contributed by atoms with van der Waals surface area (Å²) < 4.78 is 0. The Morgan fingerprint density at radius 2 is 1.00 bits per heavy atom. The van der Waals surface area contributed by atoms with E-state index in [1.807, 2.05) is 0 Å². The molecule has 0 aliphatic rings. The first-order valence-corrected chi connectivity index (χ1v) is 1.45. The van der Waals surface area contributed by atoms with E-state index in [9.17, 15) is 0 Å². The average molecular weight is 121 g/mol. The fourth-order valence-electron chi connectivity index (χ4n) is 0. The Kier molecular flexibility index (Phi) is 68.1. The molecule has 0 N–H and O–H groups in total. The van der Waals surface area contributed by atoms with Gasteiger partial charge in [0.25, 0.3) is 0 Å². The van der Waals surface area contributed by atoms with Crippen LogP contribution in [0.4, 0.5) is 0 Å². The predicted octanol–water partition coefficient (Wildman–Crippen LogP) is 0.679. The van der Waals surface area contributed by atoms with Gasteiger partial charge in [-0.25, -0.2) is 0 Å². The quantitative estimate of drug-likeness (QED) is 0.442. The van der Waals surface area contributed by atoms with Gasteiger partial charge in [-0.15, -0.1) is 0 Å². The fourth-order valence-corrected chi connectivity index (χ4v) is 0. The summed E-state index contributed by atoms with van der Waals surface area (Å²) >= 11 is 0. The molecule has 2 nitrogen and oxygen atoms in total. The van der Waals surface area contributed by atoms with Crippen LogP contribution in [0.15, 0.2) is 0 Å². The van der Waals surface area contributed by atoms with Crippen molar-refractivity contribution in [2.45, 2.75) is 13.8 Å². The van der Waals surface area contributed by atoms with Crippen LogP contribution in [0.2, 0.25) is 0 Å². The van der Waals surface area contributed by atoms with E-state index < -0.39 is 0 Å². The Morgan fingerprint density at radius 1 is 1.00 bits per heavy atom. The third kappa shape index (κ3) is 371. The van der Waals surface area contributed by atoms with Crippen LogP contribution in [0.3, 0.4) is 0 Å². The molecule has 0 aromatic rings. The molecule has 0 fully saturated rings. The van der Waals surface area contributed by atoms with Crippen molar-refractivity contribution in [1.29, 1.82) is 10.5 Å². The van der Waals surface area contributed by atoms with Crippen LogP contribution >= 0.6 is 0 Å². The number of hydrogen-bond acceptors (Lipinski definition) is 2. The van der Waals surface area contributed by atoms with Gasteiger partial charge in [0.05, 0.1) is 12.1 Å². The summed E-state index contributed by atoms with van der Waals surface area (Å²) in [5, 5.41) is 14.6. The molecule has 1 radical (unpaired) electrons. The van der Waals surface area contributed by atoms with Gasteiger partial charge in [0.15, 0.2) is 0 Å². The van der Waals surface area contributed by atoms with Gasteiger partial charge in [-0.3, -0.25) is 0 Å². The van der Waals surface area contributed by atoms with E-state index in [-0.39, 0.29) is 51.4 Å². The predicted molar refractivity (Wildman–Crippen MR) is 28.3 cm³/mol. The Morgan fingerprint density at radius 3 is 1.00 bits per heavy atom. The summed E-state index contributed by atoms with van der Waals surface area (Å²) in [5.41, 5.74) is 0. The van der Waals surface area contributed by atoms with Crippen LogP contribution in [0.1, 0.15) is 13.8 Å². The van der Waals surface area contributed by atoms with Crippen molar-refractivity contribution < 1.29 is 0 Å². The smallest absolute Gasteiger partial charge is 0.0587 e. The molecule has 0 saturated heterocycles. The zero-order chi connectivity index (χ0) is 5.41. The summed E-state index contributed by atoms with van der Waals surface area (Å²) in [7, 11) is 0. The molecule has 0 saturated carbocycles. The normalized spacial score (nSPS) is 2.29. The summed E-state index contributed by atoms with van der Waals surface area (Å²) in [6.45, 7) is 2.86. The van der Waals surface area contributed by atoms with Gasteiger partial charge in [0, 0.05) is 65.2 Å². The van der Waals surface area contributed by atoms with E-state index in [4.69, 9.17) is 10.5 Å². The van der Waals surface area contributed by atoms with Crippen molar-refractivity contribution >= 4 is 51.4 Å².